The zero-order chi connectivity index (χ0) is 15.0. The van der Waals surface area contributed by atoms with E-state index in [9.17, 15) is 0 Å². The average molecular weight is 353 g/mol. The number of methoxy groups -OCH3 is 1. The number of likely N-dealkylation sites (tertiary alicyclic amines) is 1. The lowest BCUT2D eigenvalue weighted by molar-refractivity contribution is 0.302. The first-order valence-electron chi connectivity index (χ1n) is 7.94. The van der Waals surface area contributed by atoms with Crippen LogP contribution in [0.5, 0.6) is 5.75 Å². The summed E-state index contributed by atoms with van der Waals surface area (Å²) >= 11 is 3.81. The van der Waals surface area contributed by atoms with Crippen LogP contribution in [0.25, 0.3) is 0 Å². The Kier molecular flexibility index (Phi) is 4.57. The molecule has 1 fully saturated rings. The average Bonchev–Trinajstić information content (AvgIpc) is 2.88. The molecule has 1 aliphatic carbocycles. The number of fused-ring (bicyclic) bond motifs is 1. The number of nitrogens with zero attached hydrogens (tertiary/aromatic N) is 1. The third kappa shape index (κ3) is 2.73. The van der Waals surface area contributed by atoms with Crippen molar-refractivity contribution in [1.29, 1.82) is 0 Å². The van der Waals surface area contributed by atoms with E-state index >= 15 is 0 Å². The molecule has 0 saturated carbocycles. The first-order chi connectivity index (χ1) is 10.2. The summed E-state index contributed by atoms with van der Waals surface area (Å²) in [7, 11) is 3.99. The Morgan fingerprint density at radius 1 is 1.38 bits per heavy atom. The van der Waals surface area contributed by atoms with E-state index in [0.29, 0.717) is 12.0 Å². The molecule has 1 aromatic carbocycles. The Labute approximate surface area is 136 Å². The molecule has 4 heteroatoms. The number of rotatable bonds is 3. The molecule has 1 aliphatic heterocycles. The number of benzene rings is 1. The highest BCUT2D eigenvalue weighted by Gasteiger charge is 2.33. The second-order valence-corrected chi connectivity index (χ2v) is 7.24. The van der Waals surface area contributed by atoms with E-state index in [2.05, 4.69) is 33.9 Å². The summed E-state index contributed by atoms with van der Waals surface area (Å²) in [5, 5.41) is 0. The number of halogens is 1. The minimum Gasteiger partial charge on any atom is -0.495 e. The quantitative estimate of drug-likeness (QED) is 0.906. The molecule has 1 saturated heterocycles. The van der Waals surface area contributed by atoms with Gasteiger partial charge in [-0.2, -0.15) is 0 Å². The fourth-order valence-corrected chi connectivity index (χ4v) is 4.79. The molecule has 0 radical (unpaired) electrons. The predicted octanol–water partition coefficient (Wildman–Crippen LogP) is 3.29. The Morgan fingerprint density at radius 2 is 2.14 bits per heavy atom. The zero-order valence-electron chi connectivity index (χ0n) is 13.0. The Morgan fingerprint density at radius 3 is 2.81 bits per heavy atom. The summed E-state index contributed by atoms with van der Waals surface area (Å²) < 4.78 is 6.95. The first kappa shape index (κ1) is 15.3. The SMILES string of the molecule is COc1c(C2CC(CN)CN2C)cc2c(c1Br)CCCC2. The molecule has 0 bridgehead atoms. The van der Waals surface area contributed by atoms with E-state index in [1.165, 1.54) is 46.8 Å². The van der Waals surface area contributed by atoms with E-state index < -0.39 is 0 Å². The maximum atomic E-state index is 5.88. The van der Waals surface area contributed by atoms with Crippen molar-refractivity contribution < 1.29 is 4.74 Å². The third-order valence-corrected chi connectivity index (χ3v) is 5.94. The molecule has 21 heavy (non-hydrogen) atoms. The van der Waals surface area contributed by atoms with Crippen LogP contribution >= 0.6 is 15.9 Å². The number of aryl methyl sites for hydroxylation is 1. The van der Waals surface area contributed by atoms with Crippen molar-refractivity contribution in [1.82, 2.24) is 4.90 Å². The van der Waals surface area contributed by atoms with Crippen LogP contribution in [0.15, 0.2) is 10.5 Å². The second-order valence-electron chi connectivity index (χ2n) is 6.45. The number of nitrogens with two attached hydrogens (primary N) is 1. The van der Waals surface area contributed by atoms with Gasteiger partial charge in [-0.3, -0.25) is 4.90 Å². The van der Waals surface area contributed by atoms with Crippen molar-refractivity contribution in [2.75, 3.05) is 27.2 Å². The highest BCUT2D eigenvalue weighted by Crippen LogP contribution is 2.45. The first-order valence-corrected chi connectivity index (χ1v) is 8.73. The molecule has 0 spiro atoms. The second kappa shape index (κ2) is 6.27. The molecule has 3 rings (SSSR count). The summed E-state index contributed by atoms with van der Waals surface area (Å²) in [4.78, 5) is 2.43. The summed E-state index contributed by atoms with van der Waals surface area (Å²) in [5.74, 6) is 1.63. The van der Waals surface area contributed by atoms with Crippen LogP contribution in [0.1, 0.15) is 42.0 Å². The van der Waals surface area contributed by atoms with Gasteiger partial charge in [0.25, 0.3) is 0 Å². The van der Waals surface area contributed by atoms with Crippen LogP contribution in [0.2, 0.25) is 0 Å². The molecule has 3 nitrogen and oxygen atoms in total. The Bertz CT molecular complexity index is 532. The van der Waals surface area contributed by atoms with Gasteiger partial charge in [0, 0.05) is 18.2 Å². The maximum Gasteiger partial charge on any atom is 0.138 e. The van der Waals surface area contributed by atoms with Gasteiger partial charge in [-0.15, -0.1) is 0 Å². The van der Waals surface area contributed by atoms with Crippen molar-refractivity contribution in [3.05, 3.63) is 27.2 Å². The normalized spacial score (nSPS) is 25.9. The fourth-order valence-electron chi connectivity index (χ4n) is 3.95. The molecular formula is C17H25BrN2O. The summed E-state index contributed by atoms with van der Waals surface area (Å²) in [6.07, 6.45) is 6.08. The van der Waals surface area contributed by atoms with Crippen LogP contribution in [0, 0.1) is 5.92 Å². The highest BCUT2D eigenvalue weighted by molar-refractivity contribution is 9.10. The van der Waals surface area contributed by atoms with Crippen molar-refractivity contribution in [3.63, 3.8) is 0 Å². The maximum absolute atomic E-state index is 5.88. The molecule has 2 unspecified atom stereocenters. The van der Waals surface area contributed by atoms with E-state index in [4.69, 9.17) is 10.5 Å². The molecule has 1 aromatic rings. The summed E-state index contributed by atoms with van der Waals surface area (Å²) in [6.45, 7) is 1.86. The number of hydrogen-bond donors (Lipinski definition) is 1. The third-order valence-electron chi connectivity index (χ3n) is 5.10. The molecule has 2 aliphatic rings. The number of hydrogen-bond acceptors (Lipinski definition) is 3. The van der Waals surface area contributed by atoms with Crippen LogP contribution in [-0.2, 0) is 12.8 Å². The van der Waals surface area contributed by atoms with Crippen molar-refractivity contribution in [2.45, 2.75) is 38.1 Å². The molecule has 0 aromatic heterocycles. The standard InChI is InChI=1S/C17H25BrN2O/c1-20-10-11(9-19)7-15(20)14-8-12-5-3-4-6-13(12)16(18)17(14)21-2/h8,11,15H,3-7,9-10,19H2,1-2H3. The van der Waals surface area contributed by atoms with Gasteiger partial charge >= 0.3 is 0 Å². The lowest BCUT2D eigenvalue weighted by Gasteiger charge is -2.27. The van der Waals surface area contributed by atoms with Gasteiger partial charge in [0.05, 0.1) is 11.6 Å². The molecule has 116 valence electrons. The molecule has 2 N–H and O–H groups in total. The topological polar surface area (TPSA) is 38.5 Å². The molecular weight excluding hydrogens is 328 g/mol. The monoisotopic (exact) mass is 352 g/mol. The molecule has 1 heterocycles. The minimum atomic E-state index is 0.428. The van der Waals surface area contributed by atoms with E-state index in [-0.39, 0.29) is 0 Å². The van der Waals surface area contributed by atoms with Gasteiger partial charge in [0.1, 0.15) is 5.75 Å². The van der Waals surface area contributed by atoms with Crippen LogP contribution in [0.4, 0.5) is 0 Å². The van der Waals surface area contributed by atoms with E-state index in [0.717, 1.165) is 25.3 Å². The van der Waals surface area contributed by atoms with Gasteiger partial charge in [0.2, 0.25) is 0 Å². The largest absolute Gasteiger partial charge is 0.495 e. The van der Waals surface area contributed by atoms with Crippen molar-refractivity contribution in [3.8, 4) is 5.75 Å². The van der Waals surface area contributed by atoms with Gasteiger partial charge in [-0.25, -0.2) is 0 Å². The summed E-state index contributed by atoms with van der Waals surface area (Å²) in [5.41, 5.74) is 10.2. The van der Waals surface area contributed by atoms with E-state index in [1.807, 2.05) is 0 Å². The minimum absolute atomic E-state index is 0.428. The summed E-state index contributed by atoms with van der Waals surface area (Å²) in [6, 6.07) is 2.83. The lowest BCUT2D eigenvalue weighted by Crippen LogP contribution is -2.21. The zero-order valence-corrected chi connectivity index (χ0v) is 14.6. The van der Waals surface area contributed by atoms with E-state index in [1.54, 1.807) is 7.11 Å². The fraction of sp³-hybridized carbons (Fsp3) is 0.647. The van der Waals surface area contributed by atoms with Crippen LogP contribution in [-0.4, -0.2) is 32.1 Å². The van der Waals surface area contributed by atoms with Crippen molar-refractivity contribution in [2.24, 2.45) is 11.7 Å². The lowest BCUT2D eigenvalue weighted by atomic mass is 9.87. The van der Waals surface area contributed by atoms with Crippen LogP contribution in [0.3, 0.4) is 0 Å². The predicted molar refractivity (Wildman–Crippen MR) is 89.9 cm³/mol. The Balaban J connectivity index is 2.03. The number of ether oxygens (including phenoxy) is 1. The van der Waals surface area contributed by atoms with Gasteiger partial charge in [-0.1, -0.05) is 6.07 Å². The molecule has 2 atom stereocenters. The van der Waals surface area contributed by atoms with Crippen LogP contribution < -0.4 is 10.5 Å². The molecule has 0 amide bonds. The van der Waals surface area contributed by atoms with Crippen molar-refractivity contribution >= 4 is 15.9 Å². The highest BCUT2D eigenvalue weighted by atomic mass is 79.9. The van der Waals surface area contributed by atoms with Gasteiger partial charge in [0.15, 0.2) is 0 Å². The smallest absolute Gasteiger partial charge is 0.138 e. The van der Waals surface area contributed by atoms with Gasteiger partial charge in [-0.05, 0) is 78.7 Å². The Hall–Kier alpha value is -0.580. The van der Waals surface area contributed by atoms with Gasteiger partial charge < -0.3 is 10.5 Å².